The highest BCUT2D eigenvalue weighted by molar-refractivity contribution is 6.27. The zero-order chi connectivity index (χ0) is 10.0. The highest BCUT2D eigenvalue weighted by Gasteiger charge is 2.36. The van der Waals surface area contributed by atoms with Crippen LogP contribution >= 0.6 is 0 Å². The Kier molecular flexibility index (Phi) is 2.27. The molecule has 0 spiro atoms. The number of nitrogens with zero attached hydrogens (tertiary/aromatic N) is 1. The number of nitrogens with one attached hydrogen (secondary N) is 2. The molecule has 1 aliphatic rings. The van der Waals surface area contributed by atoms with Gasteiger partial charge in [0.1, 0.15) is 0 Å². The lowest BCUT2D eigenvalue weighted by molar-refractivity contribution is -0.132. The lowest BCUT2D eigenvalue weighted by Gasteiger charge is -2.19. The Morgan fingerprint density at radius 2 is 1.77 bits per heavy atom. The molecule has 4 amide bonds. The van der Waals surface area contributed by atoms with Crippen LogP contribution < -0.4 is 16.5 Å². The minimum atomic E-state index is -1.11. The third kappa shape index (κ3) is 1.63. The van der Waals surface area contributed by atoms with Gasteiger partial charge in [-0.2, -0.15) is 5.10 Å². The second-order valence-electron chi connectivity index (χ2n) is 2.51. The van der Waals surface area contributed by atoms with Gasteiger partial charge < -0.3 is 5.84 Å². The summed E-state index contributed by atoms with van der Waals surface area (Å²) in [7, 11) is 0. The topological polar surface area (TPSA) is 114 Å². The molecule has 0 aromatic carbocycles. The average molecular weight is 184 g/mol. The van der Waals surface area contributed by atoms with Gasteiger partial charge in [0.05, 0.1) is 5.71 Å². The van der Waals surface area contributed by atoms with Crippen molar-refractivity contribution in [3.8, 4) is 0 Å². The predicted molar refractivity (Wildman–Crippen MR) is 42.5 cm³/mol. The molecule has 0 radical (unpaired) electrons. The van der Waals surface area contributed by atoms with Gasteiger partial charge in [-0.3, -0.25) is 20.2 Å². The summed E-state index contributed by atoms with van der Waals surface area (Å²) in [5.41, 5.74) is 0.155. The number of amides is 4. The highest BCUT2D eigenvalue weighted by atomic mass is 16.2. The minimum Gasteiger partial charge on any atom is -0.323 e. The van der Waals surface area contributed by atoms with Crippen LogP contribution in [0.15, 0.2) is 5.10 Å². The fourth-order valence-electron chi connectivity index (χ4n) is 0.972. The van der Waals surface area contributed by atoms with Crippen LogP contribution in [-0.2, 0) is 9.59 Å². The molecule has 0 unspecified atom stereocenters. The number of hydrazone groups is 1. The summed E-state index contributed by atoms with van der Waals surface area (Å²) >= 11 is 0. The molecule has 0 saturated carbocycles. The molecule has 0 aromatic rings. The summed E-state index contributed by atoms with van der Waals surface area (Å²) < 4.78 is 0. The highest BCUT2D eigenvalue weighted by Crippen LogP contribution is 2.03. The van der Waals surface area contributed by atoms with Crippen LogP contribution in [0.25, 0.3) is 0 Å². The van der Waals surface area contributed by atoms with Crippen molar-refractivity contribution in [1.82, 2.24) is 10.6 Å². The molecule has 0 aromatic heterocycles. The Balaban J connectivity index is 2.91. The van der Waals surface area contributed by atoms with Crippen LogP contribution in [0.3, 0.4) is 0 Å². The molecule has 0 atom stereocenters. The van der Waals surface area contributed by atoms with Crippen LogP contribution in [0, 0.1) is 5.92 Å². The quantitative estimate of drug-likeness (QED) is 0.195. The largest absolute Gasteiger partial charge is 0.328 e. The number of barbiturate groups is 1. The zero-order valence-electron chi connectivity index (χ0n) is 6.83. The Morgan fingerprint density at radius 3 is 2.15 bits per heavy atom. The van der Waals surface area contributed by atoms with Crippen molar-refractivity contribution in [2.45, 2.75) is 6.92 Å². The van der Waals surface area contributed by atoms with Crippen molar-refractivity contribution in [2.75, 3.05) is 0 Å². The van der Waals surface area contributed by atoms with Crippen LogP contribution in [0.5, 0.6) is 0 Å². The third-order valence-electron chi connectivity index (χ3n) is 1.62. The molecule has 1 fully saturated rings. The first-order valence-electron chi connectivity index (χ1n) is 3.46. The first-order chi connectivity index (χ1) is 6.06. The number of carbonyl (C=O) groups is 3. The van der Waals surface area contributed by atoms with E-state index in [2.05, 4.69) is 5.10 Å². The summed E-state index contributed by atoms with van der Waals surface area (Å²) in [5, 5.41) is 7.08. The maximum atomic E-state index is 11.1. The third-order valence-corrected chi connectivity index (χ3v) is 1.62. The second kappa shape index (κ2) is 3.21. The van der Waals surface area contributed by atoms with Crippen LogP contribution in [0.2, 0.25) is 0 Å². The molecule has 0 bridgehead atoms. The average Bonchev–Trinajstić information content (AvgIpc) is 2.02. The SMILES string of the molecule is C/C(=N\N)C1C(=O)NC(=O)NC1=O. The smallest absolute Gasteiger partial charge is 0.323 e. The van der Waals surface area contributed by atoms with Gasteiger partial charge >= 0.3 is 6.03 Å². The van der Waals surface area contributed by atoms with Crippen molar-refractivity contribution >= 4 is 23.6 Å². The van der Waals surface area contributed by atoms with E-state index in [0.29, 0.717) is 0 Å². The normalized spacial score (nSPS) is 19.8. The molecule has 7 heteroatoms. The van der Waals surface area contributed by atoms with Gasteiger partial charge in [0.15, 0.2) is 5.92 Å². The van der Waals surface area contributed by atoms with E-state index in [1.165, 1.54) is 6.92 Å². The first kappa shape index (κ1) is 9.17. The zero-order valence-corrected chi connectivity index (χ0v) is 6.83. The maximum Gasteiger partial charge on any atom is 0.328 e. The van der Waals surface area contributed by atoms with Gasteiger partial charge in [-0.15, -0.1) is 0 Å². The Bertz CT molecular complexity index is 289. The number of carbonyl (C=O) groups excluding carboxylic acids is 3. The number of imide groups is 2. The number of hydrogen-bond donors (Lipinski definition) is 3. The van der Waals surface area contributed by atoms with Crippen LogP contribution in [0.1, 0.15) is 6.92 Å². The van der Waals surface area contributed by atoms with E-state index >= 15 is 0 Å². The van der Waals surface area contributed by atoms with E-state index in [1.54, 1.807) is 0 Å². The summed E-state index contributed by atoms with van der Waals surface area (Å²) in [4.78, 5) is 32.8. The molecule has 70 valence electrons. The van der Waals surface area contributed by atoms with E-state index in [-0.39, 0.29) is 5.71 Å². The lowest BCUT2D eigenvalue weighted by atomic mass is 10.0. The van der Waals surface area contributed by atoms with Gasteiger partial charge in [-0.25, -0.2) is 4.79 Å². The Labute approximate surface area is 73.3 Å². The molecular formula is C6H8N4O3. The van der Waals surface area contributed by atoms with Gasteiger partial charge in [0, 0.05) is 0 Å². The molecule has 1 aliphatic heterocycles. The predicted octanol–water partition coefficient (Wildman–Crippen LogP) is -1.70. The standard InChI is InChI=1S/C6H8N4O3/c1-2(10-7)3-4(11)8-6(13)9-5(3)12/h3H,7H2,1H3,(H2,8,9,11,12,13)/b10-2+. The van der Waals surface area contributed by atoms with E-state index < -0.39 is 23.8 Å². The molecule has 1 rings (SSSR count). The number of hydrogen-bond acceptors (Lipinski definition) is 5. The molecular weight excluding hydrogens is 176 g/mol. The van der Waals surface area contributed by atoms with E-state index in [1.807, 2.05) is 10.6 Å². The van der Waals surface area contributed by atoms with Gasteiger partial charge in [0.2, 0.25) is 11.8 Å². The van der Waals surface area contributed by atoms with Crippen molar-refractivity contribution < 1.29 is 14.4 Å². The monoisotopic (exact) mass is 184 g/mol. The second-order valence-corrected chi connectivity index (χ2v) is 2.51. The minimum absolute atomic E-state index is 0.155. The Hall–Kier alpha value is -1.92. The first-order valence-corrected chi connectivity index (χ1v) is 3.46. The molecule has 1 heterocycles. The number of rotatable bonds is 1. The van der Waals surface area contributed by atoms with Crippen molar-refractivity contribution in [1.29, 1.82) is 0 Å². The van der Waals surface area contributed by atoms with Crippen LogP contribution in [0.4, 0.5) is 4.79 Å². The summed E-state index contributed by atoms with van der Waals surface area (Å²) in [6.07, 6.45) is 0. The molecule has 13 heavy (non-hydrogen) atoms. The lowest BCUT2D eigenvalue weighted by Crippen LogP contribution is -2.57. The van der Waals surface area contributed by atoms with E-state index in [9.17, 15) is 14.4 Å². The summed E-state index contributed by atoms with van der Waals surface area (Å²) in [6, 6.07) is -0.823. The maximum absolute atomic E-state index is 11.1. The number of urea groups is 1. The van der Waals surface area contributed by atoms with Gasteiger partial charge in [-0.1, -0.05) is 0 Å². The molecule has 1 saturated heterocycles. The summed E-state index contributed by atoms with van der Waals surface area (Å²) in [6.45, 7) is 1.43. The fraction of sp³-hybridized carbons (Fsp3) is 0.333. The number of nitrogens with two attached hydrogens (primary N) is 1. The van der Waals surface area contributed by atoms with Crippen molar-refractivity contribution in [3.63, 3.8) is 0 Å². The molecule has 0 aliphatic carbocycles. The van der Waals surface area contributed by atoms with E-state index in [0.717, 1.165) is 0 Å². The van der Waals surface area contributed by atoms with Crippen molar-refractivity contribution in [2.24, 2.45) is 16.9 Å². The van der Waals surface area contributed by atoms with Gasteiger partial charge in [-0.05, 0) is 6.92 Å². The Morgan fingerprint density at radius 1 is 1.31 bits per heavy atom. The van der Waals surface area contributed by atoms with Gasteiger partial charge in [0.25, 0.3) is 0 Å². The fourth-order valence-corrected chi connectivity index (χ4v) is 0.972. The van der Waals surface area contributed by atoms with Crippen LogP contribution in [-0.4, -0.2) is 23.6 Å². The molecule has 7 nitrogen and oxygen atoms in total. The van der Waals surface area contributed by atoms with Crippen molar-refractivity contribution in [3.05, 3.63) is 0 Å². The molecule has 4 N–H and O–H groups in total. The summed E-state index contributed by atoms with van der Waals surface area (Å²) in [5.74, 6) is 2.38. The van der Waals surface area contributed by atoms with E-state index in [4.69, 9.17) is 5.84 Å².